The Kier molecular flexibility index (Phi) is 5.23. The molecule has 0 aromatic carbocycles. The third-order valence-electron chi connectivity index (χ3n) is 3.61. The Balaban J connectivity index is 1.51. The number of nitrogens with zero attached hydrogens (tertiary/aromatic N) is 2. The van der Waals surface area contributed by atoms with Gasteiger partial charge >= 0.3 is 0 Å². The molecule has 4 nitrogen and oxygen atoms in total. The fourth-order valence-corrected chi connectivity index (χ4v) is 2.47. The molecule has 2 heterocycles. The molecule has 1 saturated heterocycles. The zero-order valence-corrected chi connectivity index (χ0v) is 11.3. The van der Waals surface area contributed by atoms with Gasteiger partial charge in [-0.15, -0.1) is 0 Å². The molecule has 1 aliphatic rings. The maximum Gasteiger partial charge on any atom is 0.0564 e. The van der Waals surface area contributed by atoms with Gasteiger partial charge in [0.25, 0.3) is 0 Å². The summed E-state index contributed by atoms with van der Waals surface area (Å²) in [6.45, 7) is 5.28. The Bertz CT molecular complexity index is 343. The molecule has 18 heavy (non-hydrogen) atoms. The predicted octanol–water partition coefficient (Wildman–Crippen LogP) is 0.961. The van der Waals surface area contributed by atoms with Crippen molar-refractivity contribution in [1.82, 2.24) is 14.8 Å². The highest BCUT2D eigenvalue weighted by Crippen LogP contribution is 2.09. The highest BCUT2D eigenvalue weighted by Gasteiger charge is 2.15. The second-order valence-corrected chi connectivity index (χ2v) is 5.29. The lowest BCUT2D eigenvalue weighted by molar-refractivity contribution is 0.0821. The van der Waals surface area contributed by atoms with Gasteiger partial charge in [-0.05, 0) is 44.0 Å². The van der Waals surface area contributed by atoms with E-state index in [0.29, 0.717) is 0 Å². The molecule has 1 aromatic rings. The van der Waals surface area contributed by atoms with Crippen LogP contribution in [0.4, 0.5) is 0 Å². The van der Waals surface area contributed by atoms with Crippen molar-refractivity contribution in [1.29, 1.82) is 0 Å². The van der Waals surface area contributed by atoms with Crippen LogP contribution in [0.5, 0.6) is 0 Å². The Hall–Kier alpha value is -0.840. The van der Waals surface area contributed by atoms with Crippen LogP contribution in [0.25, 0.3) is 0 Å². The van der Waals surface area contributed by atoms with E-state index in [2.05, 4.69) is 33.2 Å². The Morgan fingerprint density at radius 1 is 1.39 bits per heavy atom. The van der Waals surface area contributed by atoms with Gasteiger partial charge in [0.1, 0.15) is 0 Å². The van der Waals surface area contributed by atoms with E-state index in [1.165, 1.54) is 12.0 Å². The number of piperidine rings is 1. The first-order valence-electron chi connectivity index (χ1n) is 6.96. The van der Waals surface area contributed by atoms with Gasteiger partial charge in [-0.1, -0.05) is 0 Å². The number of nitrogens with one attached hydrogen (secondary N) is 1. The first kappa shape index (κ1) is 13.6. The number of aliphatic hydroxyl groups is 1. The minimum Gasteiger partial charge on any atom is -0.393 e. The second kappa shape index (κ2) is 6.92. The summed E-state index contributed by atoms with van der Waals surface area (Å²) in [5.74, 6) is 0. The maximum atomic E-state index is 9.42. The third kappa shape index (κ3) is 4.44. The molecule has 0 spiro atoms. The third-order valence-corrected chi connectivity index (χ3v) is 3.61. The van der Waals surface area contributed by atoms with Crippen molar-refractivity contribution >= 4 is 0 Å². The summed E-state index contributed by atoms with van der Waals surface area (Å²) in [6, 6.07) is 2.15. The van der Waals surface area contributed by atoms with E-state index in [0.717, 1.165) is 45.6 Å². The number of aromatic nitrogens is 1. The zero-order valence-electron chi connectivity index (χ0n) is 11.3. The molecule has 1 aliphatic heterocycles. The summed E-state index contributed by atoms with van der Waals surface area (Å²) >= 11 is 0. The lowest BCUT2D eigenvalue weighted by Gasteiger charge is -2.29. The van der Waals surface area contributed by atoms with Crippen LogP contribution >= 0.6 is 0 Å². The molecular formula is C14H25N3O. The molecular weight excluding hydrogens is 226 g/mol. The molecule has 0 bridgehead atoms. The van der Waals surface area contributed by atoms with Crippen molar-refractivity contribution in [2.45, 2.75) is 31.9 Å². The molecule has 102 valence electrons. The highest BCUT2D eigenvalue weighted by molar-refractivity contribution is 5.09. The molecule has 0 amide bonds. The maximum absolute atomic E-state index is 9.42. The van der Waals surface area contributed by atoms with Crippen molar-refractivity contribution < 1.29 is 5.11 Å². The summed E-state index contributed by atoms with van der Waals surface area (Å²) in [6.07, 6.45) is 7.24. The molecule has 2 rings (SSSR count). The average molecular weight is 251 g/mol. The van der Waals surface area contributed by atoms with Gasteiger partial charge < -0.3 is 19.9 Å². The standard InChI is InChI=1S/C14H25N3O/c1-16-8-3-13(12-16)11-15-6-2-7-17-9-4-14(18)5-10-17/h3,8,12,14-15,18H,2,4-7,9-11H2,1H3. The SMILES string of the molecule is Cn1ccc(CNCCCN2CCC(O)CC2)c1. The van der Waals surface area contributed by atoms with Gasteiger partial charge in [-0.2, -0.15) is 0 Å². The monoisotopic (exact) mass is 251 g/mol. The fourth-order valence-electron chi connectivity index (χ4n) is 2.47. The molecule has 0 radical (unpaired) electrons. The van der Waals surface area contributed by atoms with E-state index < -0.39 is 0 Å². The smallest absolute Gasteiger partial charge is 0.0564 e. The minimum absolute atomic E-state index is 0.0579. The summed E-state index contributed by atoms with van der Waals surface area (Å²) in [5, 5.41) is 12.9. The topological polar surface area (TPSA) is 40.4 Å². The van der Waals surface area contributed by atoms with Gasteiger partial charge in [0.2, 0.25) is 0 Å². The van der Waals surface area contributed by atoms with Crippen LogP contribution in [-0.2, 0) is 13.6 Å². The summed E-state index contributed by atoms with van der Waals surface area (Å²) < 4.78 is 2.08. The van der Waals surface area contributed by atoms with Gasteiger partial charge in [0.05, 0.1) is 6.10 Å². The van der Waals surface area contributed by atoms with Crippen LogP contribution in [0.1, 0.15) is 24.8 Å². The molecule has 1 aromatic heterocycles. The molecule has 0 atom stereocenters. The number of hydrogen-bond acceptors (Lipinski definition) is 3. The van der Waals surface area contributed by atoms with Crippen molar-refractivity contribution in [2.75, 3.05) is 26.2 Å². The first-order chi connectivity index (χ1) is 8.74. The van der Waals surface area contributed by atoms with Crippen molar-refractivity contribution in [2.24, 2.45) is 7.05 Å². The van der Waals surface area contributed by atoms with Gasteiger partial charge in [0.15, 0.2) is 0 Å². The van der Waals surface area contributed by atoms with E-state index in [1.807, 2.05) is 7.05 Å². The molecule has 0 unspecified atom stereocenters. The normalized spacial score (nSPS) is 18.3. The highest BCUT2D eigenvalue weighted by atomic mass is 16.3. The van der Waals surface area contributed by atoms with Gasteiger partial charge in [-0.25, -0.2) is 0 Å². The van der Waals surface area contributed by atoms with Crippen LogP contribution in [0.15, 0.2) is 18.5 Å². The van der Waals surface area contributed by atoms with Gasteiger partial charge in [-0.3, -0.25) is 0 Å². The lowest BCUT2D eigenvalue weighted by Crippen LogP contribution is -2.37. The Morgan fingerprint density at radius 2 is 2.17 bits per heavy atom. The number of hydrogen-bond donors (Lipinski definition) is 2. The van der Waals surface area contributed by atoms with E-state index >= 15 is 0 Å². The van der Waals surface area contributed by atoms with E-state index in [9.17, 15) is 5.11 Å². The van der Waals surface area contributed by atoms with E-state index in [4.69, 9.17) is 0 Å². The van der Waals surface area contributed by atoms with Crippen LogP contribution < -0.4 is 5.32 Å². The van der Waals surface area contributed by atoms with Crippen LogP contribution in [0, 0.1) is 0 Å². The Labute approximate surface area is 110 Å². The van der Waals surface area contributed by atoms with Crippen molar-refractivity contribution in [3.8, 4) is 0 Å². The lowest BCUT2D eigenvalue weighted by atomic mass is 10.1. The molecule has 1 fully saturated rings. The van der Waals surface area contributed by atoms with Crippen molar-refractivity contribution in [3.05, 3.63) is 24.0 Å². The molecule has 4 heteroatoms. The van der Waals surface area contributed by atoms with E-state index in [1.54, 1.807) is 0 Å². The number of aliphatic hydroxyl groups excluding tert-OH is 1. The van der Waals surface area contributed by atoms with Crippen molar-refractivity contribution in [3.63, 3.8) is 0 Å². The Morgan fingerprint density at radius 3 is 2.83 bits per heavy atom. The second-order valence-electron chi connectivity index (χ2n) is 5.29. The first-order valence-corrected chi connectivity index (χ1v) is 6.96. The zero-order chi connectivity index (χ0) is 12.8. The number of aryl methyl sites for hydroxylation is 1. The molecule has 0 saturated carbocycles. The van der Waals surface area contributed by atoms with E-state index in [-0.39, 0.29) is 6.10 Å². The fraction of sp³-hybridized carbons (Fsp3) is 0.714. The summed E-state index contributed by atoms with van der Waals surface area (Å²) in [4.78, 5) is 2.46. The quantitative estimate of drug-likeness (QED) is 0.740. The summed E-state index contributed by atoms with van der Waals surface area (Å²) in [7, 11) is 2.05. The molecule has 2 N–H and O–H groups in total. The average Bonchev–Trinajstić information content (AvgIpc) is 2.77. The minimum atomic E-state index is -0.0579. The predicted molar refractivity (Wildman–Crippen MR) is 73.4 cm³/mol. The van der Waals surface area contributed by atoms with Crippen LogP contribution in [0.3, 0.4) is 0 Å². The van der Waals surface area contributed by atoms with Crippen LogP contribution in [0.2, 0.25) is 0 Å². The largest absolute Gasteiger partial charge is 0.393 e. The van der Waals surface area contributed by atoms with Gasteiger partial charge in [0, 0.05) is 39.1 Å². The number of rotatable bonds is 6. The number of likely N-dealkylation sites (tertiary alicyclic amines) is 1. The summed E-state index contributed by atoms with van der Waals surface area (Å²) in [5.41, 5.74) is 1.35. The van der Waals surface area contributed by atoms with Crippen LogP contribution in [-0.4, -0.2) is 46.9 Å². The molecule has 0 aliphatic carbocycles.